The molecule has 2 heterocycles. The van der Waals surface area contributed by atoms with Gasteiger partial charge in [0.1, 0.15) is 0 Å². The minimum atomic E-state index is -0.939. The molecule has 1 amide bonds. The number of rotatable bonds is 4. The van der Waals surface area contributed by atoms with Crippen LogP contribution in [0.15, 0.2) is 54.7 Å². The van der Waals surface area contributed by atoms with Crippen LogP contribution in [-0.4, -0.2) is 49.1 Å². The molecule has 0 radical (unpaired) electrons. The summed E-state index contributed by atoms with van der Waals surface area (Å²) in [5.74, 6) is -1.05. The number of para-hydroxylation sites is 1. The van der Waals surface area contributed by atoms with Gasteiger partial charge < -0.3 is 19.7 Å². The molecule has 1 atom stereocenters. The lowest BCUT2D eigenvalue weighted by atomic mass is 10.2. The van der Waals surface area contributed by atoms with E-state index in [1.165, 1.54) is 25.3 Å². The standard InChI is InChI=1S/C19H21N3O4/c1-15(26-19(24)17-9-5-6-10-22(17)25)18(23)21-13-11-20(12-14-21)16-7-3-2-4-8-16/h2-10,15H,11-14H2,1H3/t15-/m1/s1. The maximum atomic E-state index is 12.5. The molecule has 1 saturated heterocycles. The van der Waals surface area contributed by atoms with E-state index in [9.17, 15) is 14.8 Å². The molecule has 1 aliphatic rings. The molecule has 136 valence electrons. The summed E-state index contributed by atoms with van der Waals surface area (Å²) < 4.78 is 5.61. The van der Waals surface area contributed by atoms with Crippen LogP contribution >= 0.6 is 0 Å². The Labute approximate surface area is 152 Å². The Balaban J connectivity index is 1.55. The van der Waals surface area contributed by atoms with Crippen molar-refractivity contribution in [2.75, 3.05) is 31.1 Å². The first-order chi connectivity index (χ1) is 12.6. The number of benzene rings is 1. The Kier molecular flexibility index (Phi) is 5.36. The van der Waals surface area contributed by atoms with Crippen LogP contribution in [0.25, 0.3) is 0 Å². The van der Waals surface area contributed by atoms with Gasteiger partial charge in [-0.15, -0.1) is 0 Å². The Hall–Kier alpha value is -3.09. The van der Waals surface area contributed by atoms with Crippen LogP contribution in [0.5, 0.6) is 0 Å². The number of piperazine rings is 1. The maximum Gasteiger partial charge on any atom is 0.405 e. The van der Waals surface area contributed by atoms with Crippen LogP contribution in [0.3, 0.4) is 0 Å². The zero-order valence-corrected chi connectivity index (χ0v) is 14.6. The Bertz CT molecular complexity index is 773. The number of esters is 1. The largest absolute Gasteiger partial charge is 0.618 e. The lowest BCUT2D eigenvalue weighted by Gasteiger charge is -2.36. The second kappa shape index (κ2) is 7.86. The number of carbonyl (C=O) groups is 2. The first-order valence-electron chi connectivity index (χ1n) is 8.54. The summed E-state index contributed by atoms with van der Waals surface area (Å²) in [7, 11) is 0. The van der Waals surface area contributed by atoms with Crippen LogP contribution in [0.4, 0.5) is 5.69 Å². The first-order valence-corrected chi connectivity index (χ1v) is 8.54. The van der Waals surface area contributed by atoms with Gasteiger partial charge >= 0.3 is 11.7 Å². The Morgan fingerprint density at radius 3 is 2.35 bits per heavy atom. The van der Waals surface area contributed by atoms with Crippen molar-refractivity contribution in [3.63, 3.8) is 0 Å². The number of amides is 1. The van der Waals surface area contributed by atoms with Gasteiger partial charge in [-0.2, -0.15) is 4.73 Å². The monoisotopic (exact) mass is 355 g/mol. The highest BCUT2D eigenvalue weighted by Crippen LogP contribution is 2.16. The number of pyridine rings is 1. The molecule has 0 unspecified atom stereocenters. The maximum absolute atomic E-state index is 12.5. The molecule has 1 fully saturated rings. The van der Waals surface area contributed by atoms with Gasteiger partial charge in [0.05, 0.1) is 0 Å². The van der Waals surface area contributed by atoms with Crippen LogP contribution in [0.1, 0.15) is 17.4 Å². The third kappa shape index (κ3) is 3.93. The minimum Gasteiger partial charge on any atom is -0.618 e. The molecule has 3 rings (SSSR count). The summed E-state index contributed by atoms with van der Waals surface area (Å²) in [6.45, 7) is 4.08. The third-order valence-corrected chi connectivity index (χ3v) is 4.38. The van der Waals surface area contributed by atoms with Gasteiger partial charge in [-0.05, 0) is 25.1 Å². The van der Waals surface area contributed by atoms with Crippen LogP contribution < -0.4 is 9.63 Å². The number of nitrogens with zero attached hydrogens (tertiary/aromatic N) is 3. The van der Waals surface area contributed by atoms with E-state index < -0.39 is 12.1 Å². The second-order valence-corrected chi connectivity index (χ2v) is 6.11. The van der Waals surface area contributed by atoms with Crippen molar-refractivity contribution in [1.82, 2.24) is 4.90 Å². The van der Waals surface area contributed by atoms with E-state index in [2.05, 4.69) is 4.90 Å². The first kappa shape index (κ1) is 17.7. The third-order valence-electron chi connectivity index (χ3n) is 4.38. The molecule has 2 aromatic rings. The van der Waals surface area contributed by atoms with E-state index in [0.29, 0.717) is 17.8 Å². The smallest absolute Gasteiger partial charge is 0.405 e. The highest BCUT2D eigenvalue weighted by molar-refractivity contribution is 5.89. The molecular weight excluding hydrogens is 334 g/mol. The topological polar surface area (TPSA) is 76.8 Å². The van der Waals surface area contributed by atoms with Gasteiger partial charge in [0.15, 0.2) is 12.3 Å². The molecule has 0 bridgehead atoms. The van der Waals surface area contributed by atoms with Crippen molar-refractivity contribution in [1.29, 1.82) is 0 Å². The van der Waals surface area contributed by atoms with Gasteiger partial charge in [-0.3, -0.25) is 4.79 Å². The van der Waals surface area contributed by atoms with Gasteiger partial charge in [-0.1, -0.05) is 18.2 Å². The van der Waals surface area contributed by atoms with Crippen molar-refractivity contribution in [2.45, 2.75) is 13.0 Å². The molecular formula is C19H21N3O4. The van der Waals surface area contributed by atoms with E-state index in [4.69, 9.17) is 4.74 Å². The van der Waals surface area contributed by atoms with Gasteiger partial charge in [0.25, 0.3) is 5.91 Å². The number of hydrogen-bond acceptors (Lipinski definition) is 5. The molecule has 1 aromatic heterocycles. The van der Waals surface area contributed by atoms with Crippen LogP contribution in [-0.2, 0) is 9.53 Å². The number of ether oxygens (including phenoxy) is 1. The van der Waals surface area contributed by atoms with Crippen molar-refractivity contribution in [2.24, 2.45) is 0 Å². The van der Waals surface area contributed by atoms with Crippen molar-refractivity contribution in [3.8, 4) is 0 Å². The summed E-state index contributed by atoms with van der Waals surface area (Å²) in [5, 5.41) is 11.6. The molecule has 7 nitrogen and oxygen atoms in total. The van der Waals surface area contributed by atoms with Gasteiger partial charge in [0, 0.05) is 44.0 Å². The average Bonchev–Trinajstić information content (AvgIpc) is 2.68. The van der Waals surface area contributed by atoms with E-state index in [1.807, 2.05) is 30.3 Å². The fraction of sp³-hybridized carbons (Fsp3) is 0.316. The lowest BCUT2D eigenvalue weighted by Crippen LogP contribution is -2.52. The Morgan fingerprint density at radius 1 is 1.04 bits per heavy atom. The number of hydrogen-bond donors (Lipinski definition) is 0. The molecule has 0 spiro atoms. The van der Waals surface area contributed by atoms with Crippen LogP contribution in [0, 0.1) is 5.21 Å². The molecule has 26 heavy (non-hydrogen) atoms. The van der Waals surface area contributed by atoms with Crippen LogP contribution in [0.2, 0.25) is 0 Å². The van der Waals surface area contributed by atoms with Gasteiger partial charge in [-0.25, -0.2) is 4.79 Å². The molecule has 0 N–H and O–H groups in total. The molecule has 0 aliphatic carbocycles. The number of aromatic nitrogens is 1. The zero-order chi connectivity index (χ0) is 18.5. The highest BCUT2D eigenvalue weighted by atomic mass is 16.6. The lowest BCUT2D eigenvalue weighted by molar-refractivity contribution is -0.608. The van der Waals surface area contributed by atoms with E-state index in [0.717, 1.165) is 18.8 Å². The molecule has 0 saturated carbocycles. The average molecular weight is 355 g/mol. The van der Waals surface area contributed by atoms with E-state index in [-0.39, 0.29) is 11.6 Å². The number of anilines is 1. The van der Waals surface area contributed by atoms with Crippen molar-refractivity contribution < 1.29 is 19.1 Å². The summed E-state index contributed by atoms with van der Waals surface area (Å²) in [6.07, 6.45) is 0.275. The van der Waals surface area contributed by atoms with E-state index in [1.54, 1.807) is 11.0 Å². The fourth-order valence-electron chi connectivity index (χ4n) is 2.94. The number of carbonyl (C=O) groups excluding carboxylic acids is 2. The second-order valence-electron chi connectivity index (χ2n) is 6.11. The van der Waals surface area contributed by atoms with E-state index >= 15 is 0 Å². The quantitative estimate of drug-likeness (QED) is 0.468. The highest BCUT2D eigenvalue weighted by Gasteiger charge is 2.29. The molecule has 1 aliphatic heterocycles. The Morgan fingerprint density at radius 2 is 1.69 bits per heavy atom. The normalized spacial score (nSPS) is 15.4. The SMILES string of the molecule is C[C@@H](OC(=O)c1cccc[n+]1[O-])C(=O)N1CCN(c2ccccc2)CC1. The summed E-state index contributed by atoms with van der Waals surface area (Å²) in [5.41, 5.74) is 0.990. The summed E-state index contributed by atoms with van der Waals surface area (Å²) >= 11 is 0. The summed E-state index contributed by atoms with van der Waals surface area (Å²) in [4.78, 5) is 28.5. The van der Waals surface area contributed by atoms with Crippen molar-refractivity contribution >= 4 is 17.6 Å². The predicted octanol–water partition coefficient (Wildman–Crippen LogP) is 1.21. The van der Waals surface area contributed by atoms with Crippen molar-refractivity contribution in [3.05, 3.63) is 65.6 Å². The predicted molar refractivity (Wildman–Crippen MR) is 95.5 cm³/mol. The fourth-order valence-corrected chi connectivity index (χ4v) is 2.94. The van der Waals surface area contributed by atoms with Gasteiger partial charge in [0.2, 0.25) is 0 Å². The summed E-state index contributed by atoms with van der Waals surface area (Å²) in [6, 6.07) is 14.5. The zero-order valence-electron chi connectivity index (χ0n) is 14.6. The molecule has 7 heteroatoms. The minimum absolute atomic E-state index is 0.138. The molecule has 1 aromatic carbocycles.